The molecule has 0 fully saturated rings. The van der Waals surface area contributed by atoms with E-state index in [1.54, 1.807) is 55.5 Å². The Morgan fingerprint density at radius 1 is 0.966 bits per heavy atom. The van der Waals surface area contributed by atoms with Crippen LogP contribution in [0.15, 0.2) is 58.0 Å². The Hall–Kier alpha value is -2.80. The predicted octanol–water partition coefficient (Wildman–Crippen LogP) is 5.30. The summed E-state index contributed by atoms with van der Waals surface area (Å²) in [5.41, 5.74) is 4.08. The first-order valence-corrected chi connectivity index (χ1v) is 9.42. The molecule has 2 aromatic carbocycles. The number of nitrogens with one attached hydrogen (secondary N) is 2. The molecule has 3 aromatic rings. The van der Waals surface area contributed by atoms with Crippen molar-refractivity contribution >= 4 is 58.5 Å². The molecule has 0 spiro atoms. The molecule has 1 heterocycles. The molecule has 1 aromatic heterocycles. The van der Waals surface area contributed by atoms with Crippen molar-refractivity contribution in [3.63, 3.8) is 0 Å². The number of nitrogens with zero attached hydrogens (tertiary/aromatic N) is 1. The largest absolute Gasteiger partial charge is 0.455 e. The molecule has 6 nitrogen and oxygen atoms in total. The molecule has 0 atom stereocenters. The van der Waals surface area contributed by atoms with Crippen LogP contribution in [0.1, 0.15) is 11.3 Å². The highest BCUT2D eigenvalue weighted by molar-refractivity contribution is 6.42. The summed E-state index contributed by atoms with van der Waals surface area (Å²) in [5, 5.41) is 7.50. The fourth-order valence-corrected chi connectivity index (χ4v) is 2.81. The van der Waals surface area contributed by atoms with Gasteiger partial charge < -0.3 is 9.73 Å². The molecule has 0 bridgehead atoms. The third kappa shape index (κ3) is 5.38. The Labute approximate surface area is 181 Å². The van der Waals surface area contributed by atoms with Gasteiger partial charge >= 0.3 is 11.8 Å². The number of anilines is 1. The number of carbonyl (C=O) groups excluding carboxylic acids is 2. The quantitative estimate of drug-likeness (QED) is 0.321. The Morgan fingerprint density at radius 3 is 2.52 bits per heavy atom. The number of amides is 2. The van der Waals surface area contributed by atoms with Crippen LogP contribution in [0.2, 0.25) is 15.1 Å². The normalized spacial score (nSPS) is 10.9. The molecule has 0 radical (unpaired) electrons. The molecule has 9 heteroatoms. The third-order valence-corrected chi connectivity index (χ3v) is 4.82. The van der Waals surface area contributed by atoms with Crippen molar-refractivity contribution < 1.29 is 14.0 Å². The van der Waals surface area contributed by atoms with E-state index < -0.39 is 11.8 Å². The summed E-state index contributed by atoms with van der Waals surface area (Å²) in [5.74, 6) is -0.886. The van der Waals surface area contributed by atoms with Gasteiger partial charge in [-0.15, -0.1) is 0 Å². The molecule has 0 aliphatic carbocycles. The molecule has 3 rings (SSSR count). The smallest absolute Gasteiger partial charge is 0.329 e. The van der Waals surface area contributed by atoms with Gasteiger partial charge in [0.15, 0.2) is 0 Å². The molecule has 0 aliphatic rings. The maximum absolute atomic E-state index is 12.0. The van der Waals surface area contributed by atoms with Gasteiger partial charge in [-0.3, -0.25) is 9.59 Å². The van der Waals surface area contributed by atoms with Crippen LogP contribution < -0.4 is 10.7 Å². The SMILES string of the molecule is Cc1ccc(Cl)cc1NC(=O)C(=O)N/N=C/c1ccc(-c2ccc(Cl)c(Cl)c2)o1. The lowest BCUT2D eigenvalue weighted by Crippen LogP contribution is -2.32. The molecule has 0 aliphatic heterocycles. The number of hydrogen-bond acceptors (Lipinski definition) is 4. The molecular formula is C20H14Cl3N3O3. The lowest BCUT2D eigenvalue weighted by molar-refractivity contribution is -0.136. The van der Waals surface area contributed by atoms with Crippen molar-refractivity contribution in [3.05, 3.63) is 74.9 Å². The predicted molar refractivity (Wildman–Crippen MR) is 115 cm³/mol. The van der Waals surface area contributed by atoms with Gasteiger partial charge in [-0.2, -0.15) is 5.10 Å². The zero-order valence-corrected chi connectivity index (χ0v) is 17.3. The van der Waals surface area contributed by atoms with Crippen molar-refractivity contribution in [2.75, 3.05) is 5.32 Å². The van der Waals surface area contributed by atoms with Crippen LogP contribution in [-0.4, -0.2) is 18.0 Å². The first-order chi connectivity index (χ1) is 13.8. The Kier molecular flexibility index (Phi) is 6.59. The summed E-state index contributed by atoms with van der Waals surface area (Å²) >= 11 is 17.8. The summed E-state index contributed by atoms with van der Waals surface area (Å²) < 4.78 is 5.61. The highest BCUT2D eigenvalue weighted by atomic mass is 35.5. The van der Waals surface area contributed by atoms with E-state index in [-0.39, 0.29) is 0 Å². The zero-order valence-electron chi connectivity index (χ0n) is 15.0. The van der Waals surface area contributed by atoms with Crippen molar-refractivity contribution in [1.29, 1.82) is 0 Å². The van der Waals surface area contributed by atoms with Gasteiger partial charge in [0, 0.05) is 16.3 Å². The minimum Gasteiger partial charge on any atom is -0.455 e. The van der Waals surface area contributed by atoms with Gasteiger partial charge in [0.05, 0.1) is 16.3 Å². The first kappa shape index (κ1) is 20.9. The van der Waals surface area contributed by atoms with E-state index in [0.29, 0.717) is 32.3 Å². The molecule has 148 valence electrons. The molecular weight excluding hydrogens is 437 g/mol. The van der Waals surface area contributed by atoms with Crippen molar-refractivity contribution in [2.45, 2.75) is 6.92 Å². The van der Waals surface area contributed by atoms with Gasteiger partial charge in [-0.1, -0.05) is 40.9 Å². The second-order valence-electron chi connectivity index (χ2n) is 5.94. The highest BCUT2D eigenvalue weighted by Gasteiger charge is 2.14. The number of rotatable bonds is 4. The number of aryl methyl sites for hydroxylation is 1. The van der Waals surface area contributed by atoms with Crippen LogP contribution in [0.3, 0.4) is 0 Å². The van der Waals surface area contributed by atoms with E-state index in [4.69, 9.17) is 39.2 Å². The van der Waals surface area contributed by atoms with E-state index in [1.165, 1.54) is 6.21 Å². The Bertz CT molecular complexity index is 1110. The minimum absolute atomic E-state index is 0.373. The van der Waals surface area contributed by atoms with E-state index in [9.17, 15) is 9.59 Å². The van der Waals surface area contributed by atoms with Gasteiger partial charge in [-0.25, -0.2) is 5.43 Å². The fraction of sp³-hybridized carbons (Fsp3) is 0.0500. The maximum Gasteiger partial charge on any atom is 0.329 e. The minimum atomic E-state index is -0.933. The average Bonchev–Trinajstić information content (AvgIpc) is 3.15. The van der Waals surface area contributed by atoms with E-state index >= 15 is 0 Å². The van der Waals surface area contributed by atoms with Crippen molar-refractivity contribution in [2.24, 2.45) is 5.10 Å². The summed E-state index contributed by atoms with van der Waals surface area (Å²) in [4.78, 5) is 23.9. The number of halogens is 3. The maximum atomic E-state index is 12.0. The summed E-state index contributed by atoms with van der Waals surface area (Å²) in [6.45, 7) is 1.78. The van der Waals surface area contributed by atoms with Crippen LogP contribution in [0.25, 0.3) is 11.3 Å². The fourth-order valence-electron chi connectivity index (χ4n) is 2.34. The number of furan rings is 1. The summed E-state index contributed by atoms with van der Waals surface area (Å²) in [6.07, 6.45) is 1.27. The average molecular weight is 451 g/mol. The third-order valence-electron chi connectivity index (χ3n) is 3.84. The molecule has 0 unspecified atom stereocenters. The zero-order chi connectivity index (χ0) is 21.0. The van der Waals surface area contributed by atoms with Gasteiger partial charge in [0.2, 0.25) is 0 Å². The van der Waals surface area contributed by atoms with Crippen LogP contribution in [-0.2, 0) is 9.59 Å². The van der Waals surface area contributed by atoms with E-state index in [2.05, 4.69) is 15.8 Å². The number of carbonyl (C=O) groups is 2. The van der Waals surface area contributed by atoms with Crippen LogP contribution >= 0.6 is 34.8 Å². The van der Waals surface area contributed by atoms with Crippen LogP contribution in [0.4, 0.5) is 5.69 Å². The Balaban J connectivity index is 1.60. The van der Waals surface area contributed by atoms with Crippen LogP contribution in [0, 0.1) is 6.92 Å². The van der Waals surface area contributed by atoms with Crippen molar-refractivity contribution in [3.8, 4) is 11.3 Å². The van der Waals surface area contributed by atoms with Gasteiger partial charge in [0.25, 0.3) is 0 Å². The van der Waals surface area contributed by atoms with Gasteiger partial charge in [-0.05, 0) is 55.0 Å². The second kappa shape index (κ2) is 9.13. The van der Waals surface area contributed by atoms with E-state index in [1.807, 2.05) is 0 Å². The van der Waals surface area contributed by atoms with Crippen LogP contribution in [0.5, 0.6) is 0 Å². The molecule has 0 saturated carbocycles. The van der Waals surface area contributed by atoms with Crippen molar-refractivity contribution in [1.82, 2.24) is 5.43 Å². The van der Waals surface area contributed by atoms with E-state index in [0.717, 1.165) is 11.1 Å². The Morgan fingerprint density at radius 2 is 1.76 bits per heavy atom. The summed E-state index contributed by atoms with van der Waals surface area (Å²) in [7, 11) is 0. The molecule has 2 amide bonds. The number of hydrazone groups is 1. The highest BCUT2D eigenvalue weighted by Crippen LogP contribution is 2.29. The number of hydrogen-bond donors (Lipinski definition) is 2. The molecule has 2 N–H and O–H groups in total. The molecule has 0 saturated heterocycles. The lowest BCUT2D eigenvalue weighted by Gasteiger charge is -2.07. The topological polar surface area (TPSA) is 83.7 Å². The number of benzene rings is 2. The molecule has 29 heavy (non-hydrogen) atoms. The monoisotopic (exact) mass is 449 g/mol. The second-order valence-corrected chi connectivity index (χ2v) is 7.19. The standard InChI is InChI=1S/C20H14Cl3N3O3/c1-11-2-4-13(21)9-17(11)25-19(27)20(28)26-24-10-14-5-7-18(29-14)12-3-6-15(22)16(23)8-12/h2-10H,1H3,(H,25,27)(H,26,28)/b24-10+. The lowest BCUT2D eigenvalue weighted by atomic mass is 10.2. The van der Waals surface area contributed by atoms with Gasteiger partial charge in [0.1, 0.15) is 11.5 Å². The summed E-state index contributed by atoms with van der Waals surface area (Å²) in [6, 6.07) is 13.4. The first-order valence-electron chi connectivity index (χ1n) is 8.29.